The van der Waals surface area contributed by atoms with E-state index in [1.54, 1.807) is 6.07 Å². The summed E-state index contributed by atoms with van der Waals surface area (Å²) in [7, 11) is 0. The molecule has 0 unspecified atom stereocenters. The van der Waals surface area contributed by atoms with Gasteiger partial charge in [0.2, 0.25) is 0 Å². The van der Waals surface area contributed by atoms with Crippen LogP contribution in [0, 0.1) is 5.41 Å². The van der Waals surface area contributed by atoms with E-state index < -0.39 is 5.97 Å². The second-order valence-electron chi connectivity index (χ2n) is 5.16. The van der Waals surface area contributed by atoms with Crippen LogP contribution in [0.4, 0.5) is 10.5 Å². The number of hydrogen-bond donors (Lipinski definition) is 3. The molecule has 0 radical (unpaired) electrons. The van der Waals surface area contributed by atoms with Crippen LogP contribution in [0.3, 0.4) is 0 Å². The van der Waals surface area contributed by atoms with E-state index in [-0.39, 0.29) is 11.6 Å². The molecule has 1 aliphatic rings. The van der Waals surface area contributed by atoms with Gasteiger partial charge in [0.1, 0.15) is 0 Å². The summed E-state index contributed by atoms with van der Waals surface area (Å²) in [4.78, 5) is 22.6. The fraction of sp³-hybridized carbons (Fsp3) is 0.429. The van der Waals surface area contributed by atoms with Gasteiger partial charge in [0.05, 0.1) is 11.3 Å². The summed E-state index contributed by atoms with van der Waals surface area (Å²) in [5, 5.41) is 14.4. The Morgan fingerprint density at radius 3 is 2.60 bits per heavy atom. The summed E-state index contributed by atoms with van der Waals surface area (Å²) in [5.41, 5.74) is 1.02. The quantitative estimate of drug-likeness (QED) is 0.767. The van der Waals surface area contributed by atoms with Crippen molar-refractivity contribution in [3.05, 3.63) is 28.2 Å². The lowest BCUT2D eigenvalue weighted by molar-refractivity contribution is 0.0697. The maximum absolute atomic E-state index is 11.8. The van der Waals surface area contributed by atoms with Gasteiger partial charge in [-0.2, -0.15) is 0 Å². The minimum absolute atomic E-state index is 0.172. The molecule has 0 saturated heterocycles. The van der Waals surface area contributed by atoms with Gasteiger partial charge in [-0.1, -0.05) is 6.92 Å². The Morgan fingerprint density at radius 1 is 1.40 bits per heavy atom. The molecule has 6 heteroatoms. The Labute approximate surface area is 125 Å². The highest BCUT2D eigenvalue weighted by Gasteiger charge is 2.40. The number of carbonyl (C=O) groups excluding carboxylic acids is 1. The topological polar surface area (TPSA) is 78.4 Å². The molecule has 3 N–H and O–H groups in total. The van der Waals surface area contributed by atoms with Gasteiger partial charge in [-0.15, -0.1) is 0 Å². The Hall–Kier alpha value is -1.56. The third kappa shape index (κ3) is 3.50. The molecule has 1 aromatic rings. The SMILES string of the molecule is CCC1(CNC(=O)Nc2ccc(C(=O)O)cc2Br)CC1. The van der Waals surface area contributed by atoms with Gasteiger partial charge in [0.25, 0.3) is 0 Å². The van der Waals surface area contributed by atoms with Crippen LogP contribution in [0.15, 0.2) is 22.7 Å². The Balaban J connectivity index is 1.92. The van der Waals surface area contributed by atoms with Crippen LogP contribution in [0.5, 0.6) is 0 Å². The minimum atomic E-state index is -1.000. The first-order valence-corrected chi connectivity index (χ1v) is 7.33. The molecule has 0 heterocycles. The second kappa shape index (κ2) is 5.83. The van der Waals surface area contributed by atoms with Crippen LogP contribution in [-0.2, 0) is 0 Å². The van der Waals surface area contributed by atoms with Crippen molar-refractivity contribution in [2.75, 3.05) is 11.9 Å². The van der Waals surface area contributed by atoms with E-state index in [1.165, 1.54) is 25.0 Å². The Kier molecular flexibility index (Phi) is 4.32. The van der Waals surface area contributed by atoms with E-state index in [2.05, 4.69) is 33.5 Å². The molecule has 1 aliphatic carbocycles. The van der Waals surface area contributed by atoms with E-state index >= 15 is 0 Å². The monoisotopic (exact) mass is 340 g/mol. The summed E-state index contributed by atoms with van der Waals surface area (Å²) < 4.78 is 0.546. The average molecular weight is 341 g/mol. The van der Waals surface area contributed by atoms with Crippen LogP contribution in [0.25, 0.3) is 0 Å². The van der Waals surface area contributed by atoms with Crippen LogP contribution in [-0.4, -0.2) is 23.7 Å². The molecule has 20 heavy (non-hydrogen) atoms. The van der Waals surface area contributed by atoms with Crippen molar-refractivity contribution in [1.82, 2.24) is 5.32 Å². The number of aromatic carboxylic acids is 1. The number of hydrogen-bond acceptors (Lipinski definition) is 2. The van der Waals surface area contributed by atoms with Crippen molar-refractivity contribution in [2.45, 2.75) is 26.2 Å². The van der Waals surface area contributed by atoms with Crippen molar-refractivity contribution in [2.24, 2.45) is 5.41 Å². The largest absolute Gasteiger partial charge is 0.478 e. The molecule has 5 nitrogen and oxygen atoms in total. The van der Waals surface area contributed by atoms with Gasteiger partial charge in [-0.3, -0.25) is 0 Å². The smallest absolute Gasteiger partial charge is 0.335 e. The second-order valence-corrected chi connectivity index (χ2v) is 6.02. The molecule has 2 rings (SSSR count). The summed E-state index contributed by atoms with van der Waals surface area (Å²) in [6.07, 6.45) is 3.41. The number of anilines is 1. The first-order valence-electron chi connectivity index (χ1n) is 6.53. The van der Waals surface area contributed by atoms with Crippen molar-refractivity contribution >= 4 is 33.6 Å². The van der Waals surface area contributed by atoms with Crippen molar-refractivity contribution in [3.8, 4) is 0 Å². The first kappa shape index (κ1) is 14.8. The van der Waals surface area contributed by atoms with Crippen LogP contribution < -0.4 is 10.6 Å². The first-order chi connectivity index (χ1) is 9.46. The highest BCUT2D eigenvalue weighted by Crippen LogP contribution is 2.47. The van der Waals surface area contributed by atoms with E-state index in [0.29, 0.717) is 22.1 Å². The number of rotatable bonds is 5. The van der Waals surface area contributed by atoms with E-state index in [0.717, 1.165) is 6.42 Å². The lowest BCUT2D eigenvalue weighted by Gasteiger charge is -2.14. The Morgan fingerprint density at radius 2 is 2.10 bits per heavy atom. The highest BCUT2D eigenvalue weighted by atomic mass is 79.9. The van der Waals surface area contributed by atoms with Gasteiger partial charge in [0, 0.05) is 11.0 Å². The van der Waals surface area contributed by atoms with Crippen LogP contribution >= 0.6 is 15.9 Å². The highest BCUT2D eigenvalue weighted by molar-refractivity contribution is 9.10. The number of nitrogens with one attached hydrogen (secondary N) is 2. The number of carboxylic acid groups (broad SMARTS) is 1. The number of carbonyl (C=O) groups is 2. The van der Waals surface area contributed by atoms with E-state index in [9.17, 15) is 9.59 Å². The zero-order valence-electron chi connectivity index (χ0n) is 11.2. The number of urea groups is 1. The van der Waals surface area contributed by atoms with Gasteiger partial charge in [-0.05, 0) is 58.8 Å². The predicted molar refractivity (Wildman–Crippen MR) is 80.1 cm³/mol. The maximum Gasteiger partial charge on any atom is 0.335 e. The lowest BCUT2D eigenvalue weighted by Crippen LogP contribution is -2.33. The van der Waals surface area contributed by atoms with Crippen LogP contribution in [0.1, 0.15) is 36.5 Å². The molecule has 2 amide bonds. The third-order valence-corrected chi connectivity index (χ3v) is 4.45. The van der Waals surface area contributed by atoms with Crippen molar-refractivity contribution in [1.29, 1.82) is 0 Å². The molecular formula is C14H17BrN2O3. The zero-order chi connectivity index (χ0) is 14.8. The molecule has 0 bridgehead atoms. The molecular weight excluding hydrogens is 324 g/mol. The third-order valence-electron chi connectivity index (χ3n) is 3.80. The summed E-state index contributed by atoms with van der Waals surface area (Å²) >= 11 is 3.25. The minimum Gasteiger partial charge on any atom is -0.478 e. The van der Waals surface area contributed by atoms with E-state index in [1.807, 2.05) is 0 Å². The van der Waals surface area contributed by atoms with Gasteiger partial charge < -0.3 is 15.7 Å². The van der Waals surface area contributed by atoms with Crippen molar-refractivity contribution < 1.29 is 14.7 Å². The molecule has 0 spiro atoms. The van der Waals surface area contributed by atoms with Gasteiger partial charge in [-0.25, -0.2) is 9.59 Å². The van der Waals surface area contributed by atoms with Crippen LogP contribution in [0.2, 0.25) is 0 Å². The van der Waals surface area contributed by atoms with Crippen molar-refractivity contribution in [3.63, 3.8) is 0 Å². The molecule has 1 saturated carbocycles. The normalized spacial score (nSPS) is 15.5. The molecule has 0 aromatic heterocycles. The van der Waals surface area contributed by atoms with Gasteiger partial charge in [0.15, 0.2) is 0 Å². The molecule has 108 valence electrons. The van der Waals surface area contributed by atoms with Gasteiger partial charge >= 0.3 is 12.0 Å². The van der Waals surface area contributed by atoms with E-state index in [4.69, 9.17) is 5.11 Å². The fourth-order valence-corrected chi connectivity index (χ4v) is 2.49. The zero-order valence-corrected chi connectivity index (χ0v) is 12.8. The maximum atomic E-state index is 11.8. The number of carboxylic acids is 1. The molecule has 0 atom stereocenters. The molecule has 1 fully saturated rings. The lowest BCUT2D eigenvalue weighted by atomic mass is 10.0. The predicted octanol–water partition coefficient (Wildman–Crippen LogP) is 3.46. The fourth-order valence-electron chi connectivity index (χ4n) is 2.02. The summed E-state index contributed by atoms with van der Waals surface area (Å²) in [6.45, 7) is 2.81. The number of halogens is 1. The standard InChI is InChI=1S/C14H17BrN2O3/c1-2-14(5-6-14)8-16-13(20)17-11-4-3-9(12(18)19)7-10(11)15/h3-4,7H,2,5-6,8H2,1H3,(H,18,19)(H2,16,17,20). The number of benzene rings is 1. The Bertz CT molecular complexity index is 541. The molecule has 0 aliphatic heterocycles. The summed E-state index contributed by atoms with van der Waals surface area (Å²) in [5.74, 6) is -1.000. The summed E-state index contributed by atoms with van der Waals surface area (Å²) in [6, 6.07) is 4.22. The molecule has 1 aromatic carbocycles. The average Bonchev–Trinajstić information content (AvgIpc) is 3.19. The number of amides is 2.